The van der Waals surface area contributed by atoms with E-state index in [4.69, 9.17) is 0 Å². The molecule has 1 fully saturated rings. The molecule has 0 N–H and O–H groups in total. The zero-order valence-electron chi connectivity index (χ0n) is 13.7. The second-order valence-electron chi connectivity index (χ2n) is 8.33. The van der Waals surface area contributed by atoms with Gasteiger partial charge in [-0.15, -0.1) is 0 Å². The topological polar surface area (TPSA) is 0 Å². The highest BCUT2D eigenvalue weighted by Crippen LogP contribution is 2.64. The lowest BCUT2D eigenvalue weighted by molar-refractivity contribution is -0.894. The molecule has 0 unspecified atom stereocenters. The molecular formula is C15H33ClNP. The van der Waals surface area contributed by atoms with Crippen LogP contribution in [0.15, 0.2) is 0 Å². The fourth-order valence-electron chi connectivity index (χ4n) is 3.61. The van der Waals surface area contributed by atoms with E-state index in [1.54, 1.807) is 0 Å². The Morgan fingerprint density at radius 3 is 1.44 bits per heavy atom. The minimum absolute atomic E-state index is 0. The number of nitrogens with zero attached hydrogens (tertiary/aromatic N) is 1. The first-order valence-corrected chi connectivity index (χ1v) is 8.46. The first kappa shape index (κ1) is 18.7. The second kappa shape index (κ2) is 5.98. The van der Waals surface area contributed by atoms with Gasteiger partial charge in [-0.1, -0.05) is 49.5 Å². The van der Waals surface area contributed by atoms with Crippen LogP contribution >= 0.6 is 7.92 Å². The summed E-state index contributed by atoms with van der Waals surface area (Å²) in [7, 11) is 4.85. The van der Waals surface area contributed by atoms with Crippen LogP contribution in [0.4, 0.5) is 0 Å². The molecule has 0 aromatic rings. The molecule has 0 aromatic carbocycles. The van der Waals surface area contributed by atoms with Gasteiger partial charge in [0.15, 0.2) is 0 Å². The maximum absolute atomic E-state index is 2.46. The van der Waals surface area contributed by atoms with Crippen LogP contribution in [0.1, 0.15) is 54.4 Å². The molecule has 0 radical (unpaired) electrons. The van der Waals surface area contributed by atoms with Crippen LogP contribution in [0.25, 0.3) is 0 Å². The van der Waals surface area contributed by atoms with E-state index in [9.17, 15) is 0 Å². The van der Waals surface area contributed by atoms with Gasteiger partial charge in [0, 0.05) is 12.8 Å². The van der Waals surface area contributed by atoms with Crippen molar-refractivity contribution in [3.05, 3.63) is 0 Å². The Hall–Kier alpha value is 0.680. The first-order valence-electron chi connectivity index (χ1n) is 7.05. The van der Waals surface area contributed by atoms with Crippen LogP contribution in [-0.2, 0) is 0 Å². The summed E-state index contributed by atoms with van der Waals surface area (Å²) in [5.41, 5.74) is 0.983. The number of halogens is 1. The molecule has 1 heterocycles. The van der Waals surface area contributed by atoms with Gasteiger partial charge < -0.3 is 16.9 Å². The third-order valence-electron chi connectivity index (χ3n) is 3.95. The van der Waals surface area contributed by atoms with Gasteiger partial charge in [-0.3, -0.25) is 0 Å². The predicted molar refractivity (Wildman–Crippen MR) is 81.3 cm³/mol. The molecule has 0 aliphatic carbocycles. The molecule has 1 aliphatic rings. The number of hydrogen-bond acceptors (Lipinski definition) is 0. The van der Waals surface area contributed by atoms with Crippen LogP contribution in [0.2, 0.25) is 0 Å². The maximum atomic E-state index is 2.46. The Balaban J connectivity index is 0.00000289. The Labute approximate surface area is 122 Å². The average Bonchev–Trinajstić information content (AvgIpc) is 2.03. The van der Waals surface area contributed by atoms with Gasteiger partial charge in [0.1, 0.15) is 0 Å². The van der Waals surface area contributed by atoms with Crippen LogP contribution in [-0.4, -0.2) is 47.6 Å². The predicted octanol–water partition coefficient (Wildman–Crippen LogP) is 1.31. The molecule has 0 bridgehead atoms. The molecule has 110 valence electrons. The van der Waals surface area contributed by atoms with Crippen molar-refractivity contribution < 1.29 is 16.9 Å². The summed E-state index contributed by atoms with van der Waals surface area (Å²) < 4.78 is 1.23. The largest absolute Gasteiger partial charge is 1.00 e. The van der Waals surface area contributed by atoms with Crippen LogP contribution in [0, 0.1) is 0 Å². The highest BCUT2D eigenvalue weighted by Gasteiger charge is 2.42. The quantitative estimate of drug-likeness (QED) is 0.505. The van der Waals surface area contributed by atoms with Gasteiger partial charge in [-0.25, -0.2) is 0 Å². The first-order chi connectivity index (χ1) is 7.43. The van der Waals surface area contributed by atoms with Crippen molar-refractivity contribution >= 4 is 7.92 Å². The Bertz CT molecular complexity index is 239. The summed E-state index contributed by atoms with van der Waals surface area (Å²) in [6.45, 7) is 17.5. The lowest BCUT2D eigenvalue weighted by Gasteiger charge is -2.49. The van der Waals surface area contributed by atoms with E-state index in [-0.39, 0.29) is 20.3 Å². The summed E-state index contributed by atoms with van der Waals surface area (Å²) >= 11 is 0. The summed E-state index contributed by atoms with van der Waals surface area (Å²) in [5.74, 6) is 0. The molecular weight excluding hydrogens is 261 g/mol. The lowest BCUT2D eigenvalue weighted by atomic mass is 10.1. The molecule has 1 aliphatic heterocycles. The smallest absolute Gasteiger partial charge is 0.0788 e. The van der Waals surface area contributed by atoms with Crippen molar-refractivity contribution in [1.82, 2.24) is 0 Å². The molecule has 18 heavy (non-hydrogen) atoms. The molecule has 0 saturated carbocycles. The van der Waals surface area contributed by atoms with Crippen molar-refractivity contribution in [2.45, 2.75) is 70.4 Å². The minimum Gasteiger partial charge on any atom is -1.00 e. The normalized spacial score (nSPS) is 21.8. The number of likely N-dealkylation sites (tertiary alicyclic amines) is 1. The molecule has 1 saturated heterocycles. The Morgan fingerprint density at radius 2 is 1.17 bits per heavy atom. The summed E-state index contributed by atoms with van der Waals surface area (Å²) in [6.07, 6.45) is 2.88. The zero-order valence-corrected chi connectivity index (χ0v) is 15.3. The van der Waals surface area contributed by atoms with E-state index in [1.807, 2.05) is 0 Å². The molecule has 0 amide bonds. The molecule has 0 atom stereocenters. The van der Waals surface area contributed by atoms with E-state index in [0.717, 1.165) is 5.66 Å². The van der Waals surface area contributed by atoms with Gasteiger partial charge >= 0.3 is 0 Å². The van der Waals surface area contributed by atoms with Crippen LogP contribution < -0.4 is 12.4 Å². The molecule has 3 heteroatoms. The fourth-order valence-corrected chi connectivity index (χ4v) is 8.56. The fraction of sp³-hybridized carbons (Fsp3) is 1.00. The lowest BCUT2D eigenvalue weighted by Crippen LogP contribution is -3.00. The van der Waals surface area contributed by atoms with Crippen molar-refractivity contribution in [2.24, 2.45) is 0 Å². The number of piperidine rings is 1. The number of hydrogen-bond donors (Lipinski definition) is 0. The third kappa shape index (κ3) is 4.99. The van der Waals surface area contributed by atoms with Crippen LogP contribution in [0.5, 0.6) is 0 Å². The van der Waals surface area contributed by atoms with Crippen molar-refractivity contribution in [2.75, 3.05) is 27.2 Å². The molecule has 1 rings (SSSR count). The SMILES string of the molecule is CC(C)(C)P(C1CC[N+](C)(C)CC1)C(C)(C)C.[Cl-]. The van der Waals surface area contributed by atoms with Crippen molar-refractivity contribution in [3.63, 3.8) is 0 Å². The monoisotopic (exact) mass is 293 g/mol. The third-order valence-corrected chi connectivity index (χ3v) is 8.08. The highest BCUT2D eigenvalue weighted by atomic mass is 35.5. The van der Waals surface area contributed by atoms with Gasteiger partial charge in [0.25, 0.3) is 0 Å². The van der Waals surface area contributed by atoms with Gasteiger partial charge in [-0.05, 0) is 16.0 Å². The minimum atomic E-state index is 0. The van der Waals surface area contributed by atoms with Crippen molar-refractivity contribution in [1.29, 1.82) is 0 Å². The van der Waals surface area contributed by atoms with Gasteiger partial charge in [-0.2, -0.15) is 0 Å². The second-order valence-corrected chi connectivity index (χ2v) is 12.5. The summed E-state index contributed by atoms with van der Waals surface area (Å²) in [4.78, 5) is 0. The summed E-state index contributed by atoms with van der Waals surface area (Å²) in [5, 5.41) is 0.986. The number of quaternary nitrogens is 1. The van der Waals surface area contributed by atoms with Crippen molar-refractivity contribution in [3.8, 4) is 0 Å². The maximum Gasteiger partial charge on any atom is 0.0788 e. The zero-order chi connectivity index (χ0) is 13.5. The number of rotatable bonds is 1. The van der Waals surface area contributed by atoms with Gasteiger partial charge in [0.2, 0.25) is 0 Å². The van der Waals surface area contributed by atoms with E-state index in [1.165, 1.54) is 30.4 Å². The molecule has 0 spiro atoms. The summed E-state index contributed by atoms with van der Waals surface area (Å²) in [6, 6.07) is 0. The average molecular weight is 294 g/mol. The van der Waals surface area contributed by atoms with E-state index >= 15 is 0 Å². The van der Waals surface area contributed by atoms with Gasteiger partial charge in [0.05, 0.1) is 27.2 Å². The standard InChI is InChI=1S/C15H33NP.ClH/c1-14(2,3)17(15(4,5)6)13-9-11-16(7,8)12-10-13;/h13H,9-12H2,1-8H3;1H/q+1;/p-1. The Kier molecular flexibility index (Phi) is 6.21. The van der Waals surface area contributed by atoms with Crippen LogP contribution in [0.3, 0.4) is 0 Å². The van der Waals surface area contributed by atoms with E-state index in [0.29, 0.717) is 10.3 Å². The van der Waals surface area contributed by atoms with E-state index in [2.05, 4.69) is 55.6 Å². The molecule has 1 nitrogen and oxygen atoms in total. The Morgan fingerprint density at radius 1 is 0.833 bits per heavy atom. The molecule has 0 aromatic heterocycles. The highest BCUT2D eigenvalue weighted by molar-refractivity contribution is 7.61. The van der Waals surface area contributed by atoms with E-state index < -0.39 is 0 Å².